The van der Waals surface area contributed by atoms with Crippen molar-refractivity contribution in [2.24, 2.45) is 5.92 Å². The quantitative estimate of drug-likeness (QED) is 0.839. The van der Waals surface area contributed by atoms with Crippen LogP contribution in [0.2, 0.25) is 0 Å². The largest absolute Gasteiger partial charge is 0.465 e. The smallest absolute Gasteiger partial charge is 0.117 e. The highest BCUT2D eigenvalue weighted by atomic mass is 16.3. The molecule has 0 spiro atoms. The van der Waals surface area contributed by atoms with E-state index in [9.17, 15) is 0 Å². The molecule has 1 aliphatic carbocycles. The molecule has 1 aliphatic rings. The molecule has 0 radical (unpaired) electrons. The average Bonchev–Trinajstić information content (AvgIpc) is 2.73. The molecule has 1 heterocycles. The van der Waals surface area contributed by atoms with Crippen LogP contribution in [0.5, 0.6) is 0 Å². The molecule has 90 valence electrons. The molecule has 0 atom stereocenters. The SMILES string of the molecule is CCC1CCC(NCc2ccc(C)o2)CC1. The molecule has 2 nitrogen and oxygen atoms in total. The van der Waals surface area contributed by atoms with Gasteiger partial charge in [-0.25, -0.2) is 0 Å². The van der Waals surface area contributed by atoms with Gasteiger partial charge in [-0.1, -0.05) is 13.3 Å². The lowest BCUT2D eigenvalue weighted by molar-refractivity contribution is 0.280. The second kappa shape index (κ2) is 5.53. The molecule has 2 rings (SSSR count). The molecular formula is C14H23NO. The average molecular weight is 221 g/mol. The van der Waals surface area contributed by atoms with Crippen molar-refractivity contribution in [3.8, 4) is 0 Å². The number of furan rings is 1. The van der Waals surface area contributed by atoms with E-state index in [4.69, 9.17) is 4.42 Å². The Hall–Kier alpha value is -0.760. The summed E-state index contributed by atoms with van der Waals surface area (Å²) < 4.78 is 5.55. The highest BCUT2D eigenvalue weighted by Gasteiger charge is 2.19. The Bertz CT molecular complexity index is 310. The molecule has 1 fully saturated rings. The molecule has 0 bridgehead atoms. The van der Waals surface area contributed by atoms with E-state index in [1.54, 1.807) is 0 Å². The third-order valence-electron chi connectivity index (χ3n) is 3.79. The van der Waals surface area contributed by atoms with Crippen molar-refractivity contribution < 1.29 is 4.42 Å². The van der Waals surface area contributed by atoms with Gasteiger partial charge < -0.3 is 9.73 Å². The molecule has 0 aromatic carbocycles. The summed E-state index contributed by atoms with van der Waals surface area (Å²) in [6, 6.07) is 4.80. The predicted molar refractivity (Wildman–Crippen MR) is 66.3 cm³/mol. The van der Waals surface area contributed by atoms with Crippen molar-refractivity contribution in [1.82, 2.24) is 5.32 Å². The predicted octanol–water partition coefficient (Wildman–Crippen LogP) is 3.65. The first-order chi connectivity index (χ1) is 7.78. The minimum Gasteiger partial charge on any atom is -0.465 e. The second-order valence-electron chi connectivity index (χ2n) is 5.02. The lowest BCUT2D eigenvalue weighted by atomic mass is 9.84. The summed E-state index contributed by atoms with van der Waals surface area (Å²) in [6.07, 6.45) is 6.80. The van der Waals surface area contributed by atoms with Gasteiger partial charge in [-0.3, -0.25) is 0 Å². The zero-order chi connectivity index (χ0) is 11.4. The molecule has 1 aromatic rings. The van der Waals surface area contributed by atoms with Crippen LogP contribution in [-0.4, -0.2) is 6.04 Å². The van der Waals surface area contributed by atoms with Crippen molar-refractivity contribution in [3.63, 3.8) is 0 Å². The van der Waals surface area contributed by atoms with Crippen molar-refractivity contribution in [2.75, 3.05) is 0 Å². The molecule has 0 unspecified atom stereocenters. The Kier molecular flexibility index (Phi) is 4.05. The molecule has 1 N–H and O–H groups in total. The fourth-order valence-electron chi connectivity index (χ4n) is 2.60. The Labute approximate surface area is 98.4 Å². The van der Waals surface area contributed by atoms with Gasteiger partial charge in [0.05, 0.1) is 6.54 Å². The Morgan fingerprint density at radius 3 is 2.56 bits per heavy atom. The molecule has 16 heavy (non-hydrogen) atoms. The number of hydrogen-bond donors (Lipinski definition) is 1. The van der Waals surface area contributed by atoms with E-state index in [0.717, 1.165) is 24.0 Å². The van der Waals surface area contributed by atoms with Crippen molar-refractivity contribution >= 4 is 0 Å². The van der Waals surface area contributed by atoms with Crippen LogP contribution >= 0.6 is 0 Å². The van der Waals surface area contributed by atoms with E-state index in [2.05, 4.69) is 18.3 Å². The van der Waals surface area contributed by atoms with Gasteiger partial charge in [0.2, 0.25) is 0 Å². The minimum atomic E-state index is 0.702. The highest BCUT2D eigenvalue weighted by molar-refractivity contribution is 5.05. The van der Waals surface area contributed by atoms with E-state index < -0.39 is 0 Å². The first-order valence-electron chi connectivity index (χ1n) is 6.56. The molecule has 0 saturated heterocycles. The standard InChI is InChI=1S/C14H23NO/c1-3-12-5-7-13(8-6-12)15-10-14-9-4-11(2)16-14/h4,9,12-13,15H,3,5-8,10H2,1-2H3. The fraction of sp³-hybridized carbons (Fsp3) is 0.714. The number of aryl methyl sites for hydroxylation is 1. The van der Waals surface area contributed by atoms with Crippen LogP contribution < -0.4 is 5.32 Å². The first-order valence-corrected chi connectivity index (χ1v) is 6.56. The molecule has 2 heteroatoms. The van der Waals surface area contributed by atoms with E-state index in [-0.39, 0.29) is 0 Å². The number of nitrogens with one attached hydrogen (secondary N) is 1. The number of hydrogen-bond acceptors (Lipinski definition) is 2. The van der Waals surface area contributed by atoms with Gasteiger partial charge in [0.1, 0.15) is 11.5 Å². The minimum absolute atomic E-state index is 0.702. The van der Waals surface area contributed by atoms with Crippen LogP contribution in [0.25, 0.3) is 0 Å². The molecule has 0 aliphatic heterocycles. The van der Waals surface area contributed by atoms with Crippen molar-refractivity contribution in [2.45, 2.75) is 58.5 Å². The summed E-state index contributed by atoms with van der Waals surface area (Å²) in [5.41, 5.74) is 0. The molecular weight excluding hydrogens is 198 g/mol. The Morgan fingerprint density at radius 2 is 2.00 bits per heavy atom. The zero-order valence-corrected chi connectivity index (χ0v) is 10.5. The van der Waals surface area contributed by atoms with E-state index >= 15 is 0 Å². The molecule has 1 aromatic heterocycles. The number of rotatable bonds is 4. The molecule has 0 amide bonds. The van der Waals surface area contributed by atoms with Crippen LogP contribution in [-0.2, 0) is 6.54 Å². The third kappa shape index (κ3) is 3.11. The van der Waals surface area contributed by atoms with Crippen molar-refractivity contribution in [3.05, 3.63) is 23.7 Å². The summed E-state index contributed by atoms with van der Waals surface area (Å²) in [4.78, 5) is 0. The maximum Gasteiger partial charge on any atom is 0.117 e. The highest BCUT2D eigenvalue weighted by Crippen LogP contribution is 2.26. The normalized spacial score (nSPS) is 25.9. The Balaban J connectivity index is 1.71. The topological polar surface area (TPSA) is 25.2 Å². The third-order valence-corrected chi connectivity index (χ3v) is 3.79. The molecule has 1 saturated carbocycles. The Morgan fingerprint density at radius 1 is 1.25 bits per heavy atom. The van der Waals surface area contributed by atoms with Crippen LogP contribution in [0, 0.1) is 12.8 Å². The van der Waals surface area contributed by atoms with Gasteiger partial charge in [0.15, 0.2) is 0 Å². The second-order valence-corrected chi connectivity index (χ2v) is 5.02. The maximum atomic E-state index is 5.55. The van der Waals surface area contributed by atoms with Gasteiger partial charge in [0, 0.05) is 6.04 Å². The van der Waals surface area contributed by atoms with E-state index in [0.29, 0.717) is 6.04 Å². The van der Waals surface area contributed by atoms with Gasteiger partial charge in [-0.05, 0) is 50.7 Å². The van der Waals surface area contributed by atoms with Gasteiger partial charge >= 0.3 is 0 Å². The van der Waals surface area contributed by atoms with Crippen LogP contribution in [0.15, 0.2) is 16.5 Å². The lowest BCUT2D eigenvalue weighted by Gasteiger charge is -2.28. The zero-order valence-electron chi connectivity index (χ0n) is 10.5. The lowest BCUT2D eigenvalue weighted by Crippen LogP contribution is -2.32. The van der Waals surface area contributed by atoms with Crippen molar-refractivity contribution in [1.29, 1.82) is 0 Å². The van der Waals surface area contributed by atoms with Gasteiger partial charge in [-0.15, -0.1) is 0 Å². The summed E-state index contributed by atoms with van der Waals surface area (Å²) in [5, 5.41) is 3.60. The first kappa shape index (κ1) is 11.7. The van der Waals surface area contributed by atoms with Gasteiger partial charge in [0.25, 0.3) is 0 Å². The van der Waals surface area contributed by atoms with E-state index in [1.165, 1.54) is 32.1 Å². The fourth-order valence-corrected chi connectivity index (χ4v) is 2.60. The van der Waals surface area contributed by atoms with Gasteiger partial charge in [-0.2, -0.15) is 0 Å². The monoisotopic (exact) mass is 221 g/mol. The summed E-state index contributed by atoms with van der Waals surface area (Å²) in [7, 11) is 0. The van der Waals surface area contributed by atoms with E-state index in [1.807, 2.05) is 13.0 Å². The summed E-state index contributed by atoms with van der Waals surface area (Å²) in [5.74, 6) is 3.05. The van der Waals surface area contributed by atoms with Crippen LogP contribution in [0.1, 0.15) is 50.5 Å². The summed E-state index contributed by atoms with van der Waals surface area (Å²) >= 11 is 0. The summed E-state index contributed by atoms with van der Waals surface area (Å²) in [6.45, 7) is 5.19. The van der Waals surface area contributed by atoms with Crippen LogP contribution in [0.3, 0.4) is 0 Å². The maximum absolute atomic E-state index is 5.55. The van der Waals surface area contributed by atoms with Crippen LogP contribution in [0.4, 0.5) is 0 Å².